The summed E-state index contributed by atoms with van der Waals surface area (Å²) in [6, 6.07) is 5.55. The Balaban J connectivity index is 1.95. The lowest BCUT2D eigenvalue weighted by molar-refractivity contribution is -0.143. The van der Waals surface area contributed by atoms with Crippen molar-refractivity contribution < 1.29 is 35.5 Å². The lowest BCUT2D eigenvalue weighted by atomic mass is 10.2. The van der Waals surface area contributed by atoms with E-state index >= 15 is 0 Å². The third-order valence-electron chi connectivity index (χ3n) is 3.65. The van der Waals surface area contributed by atoms with Crippen LogP contribution in [0, 0.1) is 5.82 Å². The van der Waals surface area contributed by atoms with Crippen LogP contribution in [0.15, 0.2) is 48.8 Å². The van der Waals surface area contributed by atoms with Crippen LogP contribution >= 0.6 is 0 Å². The zero-order chi connectivity index (χ0) is 21.4. The number of pyridine rings is 1. The molecule has 29 heavy (non-hydrogen) atoms. The van der Waals surface area contributed by atoms with E-state index in [2.05, 4.69) is 10.1 Å². The van der Waals surface area contributed by atoms with Crippen LogP contribution < -0.4 is 5.32 Å². The average molecular weight is 418 g/mol. The number of aromatic nitrogens is 3. The fourth-order valence-electron chi connectivity index (χ4n) is 2.42. The molecule has 1 aromatic carbocycles. The van der Waals surface area contributed by atoms with Crippen molar-refractivity contribution in [2.45, 2.75) is 12.4 Å². The number of amides is 1. The molecule has 5 nitrogen and oxygen atoms in total. The Morgan fingerprint density at radius 1 is 0.966 bits per heavy atom. The normalized spacial score (nSPS) is 12.1. The second-order valence-electron chi connectivity index (χ2n) is 5.68. The van der Waals surface area contributed by atoms with E-state index < -0.39 is 41.0 Å². The SMILES string of the molecule is O=C(Nc1ccc(C(F)(F)F)nc1)c1cnn(-c2cccc(F)c2)c1C(F)(F)F. The van der Waals surface area contributed by atoms with Crippen molar-refractivity contribution in [3.05, 3.63) is 71.6 Å². The predicted octanol–water partition coefficient (Wildman–Crippen LogP) is 4.70. The Morgan fingerprint density at radius 3 is 2.24 bits per heavy atom. The first-order chi connectivity index (χ1) is 13.5. The molecular weight excluding hydrogens is 409 g/mol. The molecule has 152 valence electrons. The first-order valence-electron chi connectivity index (χ1n) is 7.72. The molecule has 12 heteroatoms. The Bertz CT molecular complexity index is 1040. The van der Waals surface area contributed by atoms with Crippen molar-refractivity contribution in [2.75, 3.05) is 5.32 Å². The number of hydrogen-bond acceptors (Lipinski definition) is 3. The van der Waals surface area contributed by atoms with Crippen LogP contribution in [0.4, 0.5) is 36.4 Å². The van der Waals surface area contributed by atoms with E-state index in [0.29, 0.717) is 23.1 Å². The molecule has 0 unspecified atom stereocenters. The van der Waals surface area contributed by atoms with Gasteiger partial charge in [-0.25, -0.2) is 14.1 Å². The first-order valence-corrected chi connectivity index (χ1v) is 7.72. The van der Waals surface area contributed by atoms with Crippen LogP contribution in [-0.4, -0.2) is 20.7 Å². The van der Waals surface area contributed by atoms with Crippen LogP contribution in [0.3, 0.4) is 0 Å². The minimum atomic E-state index is -5.03. The molecule has 0 saturated heterocycles. The number of nitrogens with one attached hydrogen (secondary N) is 1. The van der Waals surface area contributed by atoms with E-state index in [1.807, 2.05) is 5.32 Å². The molecule has 3 rings (SSSR count). The van der Waals surface area contributed by atoms with Gasteiger partial charge >= 0.3 is 12.4 Å². The Morgan fingerprint density at radius 2 is 1.69 bits per heavy atom. The maximum Gasteiger partial charge on any atom is 0.434 e. The Hall–Kier alpha value is -3.44. The monoisotopic (exact) mass is 418 g/mol. The van der Waals surface area contributed by atoms with Gasteiger partial charge < -0.3 is 5.32 Å². The molecule has 3 aromatic rings. The molecule has 2 aromatic heterocycles. The lowest BCUT2D eigenvalue weighted by Gasteiger charge is -2.13. The predicted molar refractivity (Wildman–Crippen MR) is 85.7 cm³/mol. The highest BCUT2D eigenvalue weighted by molar-refractivity contribution is 6.05. The van der Waals surface area contributed by atoms with Crippen molar-refractivity contribution in [1.29, 1.82) is 0 Å². The zero-order valence-corrected chi connectivity index (χ0v) is 14.0. The molecular formula is C17H9F7N4O. The molecule has 0 fully saturated rings. The second-order valence-corrected chi connectivity index (χ2v) is 5.68. The minimum Gasteiger partial charge on any atom is -0.320 e. The average Bonchev–Trinajstić information content (AvgIpc) is 3.07. The summed E-state index contributed by atoms with van der Waals surface area (Å²) < 4.78 is 91.9. The van der Waals surface area contributed by atoms with Gasteiger partial charge in [-0.3, -0.25) is 4.79 Å². The maximum atomic E-state index is 13.5. The van der Waals surface area contributed by atoms with Gasteiger partial charge in [0.05, 0.1) is 29.3 Å². The zero-order valence-electron chi connectivity index (χ0n) is 14.0. The van der Waals surface area contributed by atoms with Gasteiger partial charge in [0, 0.05) is 0 Å². The standard InChI is InChI=1S/C17H9F7N4O/c18-9-2-1-3-11(6-9)28-14(17(22,23)24)12(8-26-28)15(29)27-10-4-5-13(25-7-10)16(19,20)21/h1-8H,(H,27,29). The summed E-state index contributed by atoms with van der Waals surface area (Å²) in [6.07, 6.45) is -8.46. The summed E-state index contributed by atoms with van der Waals surface area (Å²) >= 11 is 0. The van der Waals surface area contributed by atoms with Gasteiger partial charge in [0.1, 0.15) is 11.5 Å². The highest BCUT2D eigenvalue weighted by atomic mass is 19.4. The highest BCUT2D eigenvalue weighted by Gasteiger charge is 2.40. The van der Waals surface area contributed by atoms with Crippen molar-refractivity contribution >= 4 is 11.6 Å². The molecule has 0 aliphatic carbocycles. The van der Waals surface area contributed by atoms with E-state index in [1.54, 1.807) is 0 Å². The third kappa shape index (κ3) is 4.36. The Kier molecular flexibility index (Phi) is 5.03. The molecule has 1 N–H and O–H groups in total. The van der Waals surface area contributed by atoms with Crippen molar-refractivity contribution in [3.8, 4) is 5.69 Å². The van der Waals surface area contributed by atoms with Gasteiger partial charge in [0.2, 0.25) is 0 Å². The van der Waals surface area contributed by atoms with Crippen LogP contribution in [-0.2, 0) is 12.4 Å². The number of carbonyl (C=O) groups excluding carboxylic acids is 1. The van der Waals surface area contributed by atoms with Gasteiger partial charge in [-0.1, -0.05) is 6.07 Å². The first kappa shape index (κ1) is 20.3. The number of carbonyl (C=O) groups is 1. The second kappa shape index (κ2) is 7.18. The number of benzene rings is 1. The van der Waals surface area contributed by atoms with E-state index in [0.717, 1.165) is 24.3 Å². The van der Waals surface area contributed by atoms with E-state index in [9.17, 15) is 35.5 Å². The van der Waals surface area contributed by atoms with Gasteiger partial charge in [-0.15, -0.1) is 0 Å². The topological polar surface area (TPSA) is 59.8 Å². The summed E-state index contributed by atoms with van der Waals surface area (Å²) in [6.45, 7) is 0. The molecule has 0 bridgehead atoms. The van der Waals surface area contributed by atoms with Crippen molar-refractivity contribution in [1.82, 2.24) is 14.8 Å². The van der Waals surface area contributed by atoms with E-state index in [4.69, 9.17) is 0 Å². The van der Waals surface area contributed by atoms with Crippen LogP contribution in [0.1, 0.15) is 21.7 Å². The molecule has 0 radical (unpaired) electrons. The minimum absolute atomic E-state index is 0.255. The number of nitrogens with zero attached hydrogens (tertiary/aromatic N) is 3. The largest absolute Gasteiger partial charge is 0.434 e. The van der Waals surface area contributed by atoms with Gasteiger partial charge in [-0.05, 0) is 30.3 Å². The van der Waals surface area contributed by atoms with Crippen LogP contribution in [0.25, 0.3) is 5.69 Å². The van der Waals surface area contributed by atoms with E-state index in [1.165, 1.54) is 6.07 Å². The third-order valence-corrected chi connectivity index (χ3v) is 3.65. The highest BCUT2D eigenvalue weighted by Crippen LogP contribution is 2.34. The summed E-state index contributed by atoms with van der Waals surface area (Å²) in [7, 11) is 0. The molecule has 0 aliphatic heterocycles. The molecule has 2 heterocycles. The van der Waals surface area contributed by atoms with Crippen molar-refractivity contribution in [3.63, 3.8) is 0 Å². The maximum absolute atomic E-state index is 13.5. The van der Waals surface area contributed by atoms with Gasteiger partial charge in [-0.2, -0.15) is 31.4 Å². The number of hydrogen-bond donors (Lipinski definition) is 1. The quantitative estimate of drug-likeness (QED) is 0.628. The van der Waals surface area contributed by atoms with Crippen LogP contribution in [0.2, 0.25) is 0 Å². The van der Waals surface area contributed by atoms with Gasteiger partial charge in [0.15, 0.2) is 5.69 Å². The van der Waals surface area contributed by atoms with Crippen molar-refractivity contribution in [2.24, 2.45) is 0 Å². The molecule has 1 amide bonds. The molecule has 0 atom stereocenters. The Labute approximate surface area is 157 Å². The fourth-order valence-corrected chi connectivity index (χ4v) is 2.42. The number of rotatable bonds is 3. The number of anilines is 1. The number of halogens is 7. The smallest absolute Gasteiger partial charge is 0.320 e. The summed E-state index contributed by atoms with van der Waals surface area (Å²) in [5.74, 6) is -2.09. The molecule has 0 saturated carbocycles. The summed E-state index contributed by atoms with van der Waals surface area (Å²) in [5.41, 5.74) is -4.13. The van der Waals surface area contributed by atoms with E-state index in [-0.39, 0.29) is 11.4 Å². The fraction of sp³-hybridized carbons (Fsp3) is 0.118. The molecule has 0 spiro atoms. The molecule has 0 aliphatic rings. The summed E-state index contributed by atoms with van der Waals surface area (Å²) in [4.78, 5) is 15.4. The van der Waals surface area contributed by atoms with Crippen LogP contribution in [0.5, 0.6) is 0 Å². The summed E-state index contributed by atoms with van der Waals surface area (Å²) in [5, 5.41) is 5.54. The number of alkyl halides is 6. The van der Waals surface area contributed by atoms with Gasteiger partial charge in [0.25, 0.3) is 5.91 Å². The lowest BCUT2D eigenvalue weighted by Crippen LogP contribution is -2.21.